The maximum absolute atomic E-state index is 12.1. The van der Waals surface area contributed by atoms with E-state index >= 15 is 0 Å². The molecular formula is C16H20N2O4S. The summed E-state index contributed by atoms with van der Waals surface area (Å²) in [6.45, 7) is 2.96. The predicted molar refractivity (Wildman–Crippen MR) is 87.5 cm³/mol. The van der Waals surface area contributed by atoms with Gasteiger partial charge in [-0.25, -0.2) is 4.98 Å². The number of rotatable bonds is 6. The topological polar surface area (TPSA) is 73.6 Å². The van der Waals surface area contributed by atoms with Gasteiger partial charge in [-0.15, -0.1) is 11.3 Å². The van der Waals surface area contributed by atoms with Crippen LogP contribution in [0.3, 0.4) is 0 Å². The number of amides is 1. The number of hydrogen-bond donors (Lipinski definition) is 1. The Hall–Kier alpha value is -1.70. The molecule has 0 aromatic carbocycles. The Balaban J connectivity index is 1.48. The fourth-order valence-corrected chi connectivity index (χ4v) is 3.04. The molecule has 124 valence electrons. The van der Waals surface area contributed by atoms with Crippen LogP contribution in [0.25, 0.3) is 11.5 Å². The number of ether oxygens (including phenoxy) is 2. The third kappa shape index (κ3) is 4.40. The Morgan fingerprint density at radius 3 is 3.22 bits per heavy atom. The first kappa shape index (κ1) is 16.2. The Kier molecular flexibility index (Phi) is 5.43. The first-order valence-corrected chi connectivity index (χ1v) is 8.64. The highest BCUT2D eigenvalue weighted by Gasteiger charge is 2.20. The highest BCUT2D eigenvalue weighted by molar-refractivity contribution is 7.14. The Morgan fingerprint density at radius 2 is 2.48 bits per heavy atom. The molecule has 0 aliphatic carbocycles. The van der Waals surface area contributed by atoms with Crippen molar-refractivity contribution in [1.82, 2.24) is 4.98 Å². The number of thiazole rings is 1. The summed E-state index contributed by atoms with van der Waals surface area (Å²) in [5.74, 6) is 0.474. The minimum absolute atomic E-state index is 0.101. The zero-order chi connectivity index (χ0) is 16.1. The van der Waals surface area contributed by atoms with Gasteiger partial charge in [0, 0.05) is 12.0 Å². The van der Waals surface area contributed by atoms with Crippen LogP contribution in [0.15, 0.2) is 28.2 Å². The molecule has 1 fully saturated rings. The summed E-state index contributed by atoms with van der Waals surface area (Å²) in [6, 6.07) is 3.63. The van der Waals surface area contributed by atoms with Crippen molar-refractivity contribution in [3.63, 3.8) is 0 Å². The number of carbonyl (C=O) groups excluding carboxylic acids is 1. The van der Waals surface area contributed by atoms with Crippen molar-refractivity contribution >= 4 is 22.4 Å². The van der Waals surface area contributed by atoms with Gasteiger partial charge in [0.05, 0.1) is 19.0 Å². The Morgan fingerprint density at radius 1 is 1.57 bits per heavy atom. The summed E-state index contributed by atoms with van der Waals surface area (Å²) < 4.78 is 16.5. The van der Waals surface area contributed by atoms with Crippen molar-refractivity contribution in [3.8, 4) is 11.5 Å². The molecule has 2 aromatic rings. The minimum atomic E-state index is -0.545. The van der Waals surface area contributed by atoms with E-state index in [4.69, 9.17) is 13.9 Å². The Labute approximate surface area is 138 Å². The normalized spacial score (nSPS) is 19.4. The van der Waals surface area contributed by atoms with Crippen molar-refractivity contribution in [1.29, 1.82) is 0 Å². The number of nitrogens with zero attached hydrogens (tertiary/aromatic N) is 1. The second kappa shape index (κ2) is 7.72. The zero-order valence-corrected chi connectivity index (χ0v) is 13.8. The lowest BCUT2D eigenvalue weighted by Crippen LogP contribution is -2.32. The van der Waals surface area contributed by atoms with Gasteiger partial charge in [0.1, 0.15) is 11.8 Å². The van der Waals surface area contributed by atoms with E-state index in [2.05, 4.69) is 10.3 Å². The van der Waals surface area contributed by atoms with E-state index < -0.39 is 6.10 Å². The third-order valence-corrected chi connectivity index (χ3v) is 4.44. The van der Waals surface area contributed by atoms with Crippen LogP contribution in [0, 0.1) is 0 Å². The van der Waals surface area contributed by atoms with Gasteiger partial charge >= 0.3 is 0 Å². The molecule has 1 N–H and O–H groups in total. The van der Waals surface area contributed by atoms with Gasteiger partial charge < -0.3 is 13.9 Å². The molecule has 23 heavy (non-hydrogen) atoms. The Bertz CT molecular complexity index is 620. The molecule has 0 radical (unpaired) electrons. The molecule has 6 nitrogen and oxygen atoms in total. The van der Waals surface area contributed by atoms with Crippen LogP contribution in [0.5, 0.6) is 0 Å². The van der Waals surface area contributed by atoms with Crippen molar-refractivity contribution in [2.75, 3.05) is 18.5 Å². The van der Waals surface area contributed by atoms with Crippen molar-refractivity contribution < 1.29 is 18.7 Å². The molecule has 0 spiro atoms. The summed E-state index contributed by atoms with van der Waals surface area (Å²) in [4.78, 5) is 16.5. The lowest BCUT2D eigenvalue weighted by atomic mass is 10.1. The minimum Gasteiger partial charge on any atom is -0.463 e. The number of anilines is 1. The number of hydrogen-bond acceptors (Lipinski definition) is 6. The van der Waals surface area contributed by atoms with E-state index in [1.54, 1.807) is 19.3 Å². The summed E-state index contributed by atoms with van der Waals surface area (Å²) in [5.41, 5.74) is 0.708. The first-order chi connectivity index (χ1) is 11.2. The number of nitrogens with one attached hydrogen (secondary N) is 1. The second-order valence-electron chi connectivity index (χ2n) is 5.47. The second-order valence-corrected chi connectivity index (χ2v) is 6.33. The highest BCUT2D eigenvalue weighted by atomic mass is 32.1. The molecule has 1 aliphatic heterocycles. The van der Waals surface area contributed by atoms with Gasteiger partial charge in [-0.1, -0.05) is 0 Å². The van der Waals surface area contributed by atoms with Crippen LogP contribution >= 0.6 is 11.3 Å². The lowest BCUT2D eigenvalue weighted by molar-refractivity contribution is -0.130. The van der Waals surface area contributed by atoms with Crippen LogP contribution in [-0.4, -0.2) is 36.3 Å². The molecule has 1 amide bonds. The van der Waals surface area contributed by atoms with E-state index in [1.807, 2.05) is 11.4 Å². The maximum atomic E-state index is 12.1. The van der Waals surface area contributed by atoms with E-state index in [0.29, 0.717) is 23.2 Å². The fraction of sp³-hybridized carbons (Fsp3) is 0.500. The molecule has 3 rings (SSSR count). The largest absolute Gasteiger partial charge is 0.463 e. The quantitative estimate of drug-likeness (QED) is 0.876. The third-order valence-electron chi connectivity index (χ3n) is 3.68. The average molecular weight is 336 g/mol. The summed E-state index contributed by atoms with van der Waals surface area (Å²) in [7, 11) is 0. The highest BCUT2D eigenvalue weighted by Crippen LogP contribution is 2.25. The predicted octanol–water partition coefficient (Wildman–Crippen LogP) is 3.32. The van der Waals surface area contributed by atoms with Crippen LogP contribution < -0.4 is 5.32 Å². The molecule has 2 aromatic heterocycles. The van der Waals surface area contributed by atoms with Crippen molar-refractivity contribution in [3.05, 3.63) is 23.8 Å². The van der Waals surface area contributed by atoms with E-state index in [1.165, 1.54) is 11.3 Å². The molecule has 1 aliphatic rings. The summed E-state index contributed by atoms with van der Waals surface area (Å²) in [5, 5.41) is 5.15. The van der Waals surface area contributed by atoms with Gasteiger partial charge in [-0.05, 0) is 38.3 Å². The summed E-state index contributed by atoms with van der Waals surface area (Å²) >= 11 is 1.36. The van der Waals surface area contributed by atoms with Crippen LogP contribution in [0.4, 0.5) is 5.13 Å². The zero-order valence-electron chi connectivity index (χ0n) is 13.0. The fourth-order valence-electron chi connectivity index (χ4n) is 2.34. The molecule has 3 heterocycles. The van der Waals surface area contributed by atoms with Crippen LogP contribution in [-0.2, 0) is 14.3 Å². The van der Waals surface area contributed by atoms with Gasteiger partial charge in [-0.2, -0.15) is 0 Å². The van der Waals surface area contributed by atoms with E-state index in [0.717, 1.165) is 25.9 Å². The molecule has 2 atom stereocenters. The van der Waals surface area contributed by atoms with Crippen molar-refractivity contribution in [2.45, 2.75) is 38.4 Å². The molecular weight excluding hydrogens is 316 g/mol. The van der Waals surface area contributed by atoms with Crippen molar-refractivity contribution in [2.24, 2.45) is 0 Å². The number of aromatic nitrogens is 1. The van der Waals surface area contributed by atoms with Gasteiger partial charge in [0.15, 0.2) is 10.9 Å². The smallest absolute Gasteiger partial charge is 0.254 e. The van der Waals surface area contributed by atoms with Crippen LogP contribution in [0.2, 0.25) is 0 Å². The van der Waals surface area contributed by atoms with E-state index in [-0.39, 0.29) is 12.0 Å². The standard InChI is InChI=1S/C16H20N2O4S/c1-11(22-9-12-5-2-3-7-20-12)15(19)18-16-17-13(10-23-16)14-6-4-8-21-14/h4,6,8,10-12H,2-3,5,7,9H2,1H3,(H,17,18,19)/t11-,12-/m0/s1. The first-order valence-electron chi connectivity index (χ1n) is 7.76. The molecule has 7 heteroatoms. The summed E-state index contributed by atoms with van der Waals surface area (Å²) in [6.07, 6.45) is 4.40. The molecule has 1 saturated heterocycles. The maximum Gasteiger partial charge on any atom is 0.254 e. The molecule has 0 saturated carbocycles. The molecule has 0 bridgehead atoms. The number of carbonyl (C=O) groups is 1. The monoisotopic (exact) mass is 336 g/mol. The average Bonchev–Trinajstić information content (AvgIpc) is 3.24. The lowest BCUT2D eigenvalue weighted by Gasteiger charge is -2.23. The van der Waals surface area contributed by atoms with Gasteiger partial charge in [0.25, 0.3) is 5.91 Å². The van der Waals surface area contributed by atoms with Gasteiger partial charge in [0.2, 0.25) is 0 Å². The van der Waals surface area contributed by atoms with E-state index in [9.17, 15) is 4.79 Å². The van der Waals surface area contributed by atoms with Crippen LogP contribution in [0.1, 0.15) is 26.2 Å². The molecule has 0 unspecified atom stereocenters. The van der Waals surface area contributed by atoms with Gasteiger partial charge in [-0.3, -0.25) is 10.1 Å². The SMILES string of the molecule is C[C@H](OC[C@@H]1CCCCO1)C(=O)Nc1nc(-c2ccco2)cs1. The number of furan rings is 1.